The largest absolute Gasteiger partial charge is 0.323 e. The minimum Gasteiger partial charge on any atom is -0.308 e. The standard InChI is InChI=1S/C26H16ClN5OS/c27-19-4-6-20(7-5-19)31-26(33)32-21-3-1-2-17(12-21)24-18(14-28)15-30-22-13-23(34-25(22)24)16-8-10-29-11-9-16/h1-13,15H,(H2,31,32,33). The maximum atomic E-state index is 12.5. The van der Waals surface area contributed by atoms with Crippen LogP contribution < -0.4 is 10.6 Å². The quantitative estimate of drug-likeness (QED) is 0.284. The lowest BCUT2D eigenvalue weighted by molar-refractivity contribution is 0.262. The molecule has 0 fully saturated rings. The number of thiophene rings is 1. The molecular formula is C26H16ClN5OS. The predicted molar refractivity (Wildman–Crippen MR) is 137 cm³/mol. The van der Waals surface area contributed by atoms with Crippen LogP contribution in [0.25, 0.3) is 31.8 Å². The van der Waals surface area contributed by atoms with Gasteiger partial charge in [-0.15, -0.1) is 11.3 Å². The minimum atomic E-state index is -0.379. The third kappa shape index (κ3) is 4.46. The van der Waals surface area contributed by atoms with Gasteiger partial charge in [-0.25, -0.2) is 4.79 Å². The van der Waals surface area contributed by atoms with Crippen LogP contribution in [-0.2, 0) is 0 Å². The highest BCUT2D eigenvalue weighted by molar-refractivity contribution is 7.22. The van der Waals surface area contributed by atoms with Gasteiger partial charge in [0.1, 0.15) is 6.07 Å². The molecule has 3 aromatic heterocycles. The predicted octanol–water partition coefficient (Wildman–Crippen LogP) is 7.19. The van der Waals surface area contributed by atoms with E-state index in [4.69, 9.17) is 11.6 Å². The number of fused-ring (bicyclic) bond motifs is 1. The highest BCUT2D eigenvalue weighted by atomic mass is 35.5. The average molecular weight is 482 g/mol. The van der Waals surface area contributed by atoms with Gasteiger partial charge >= 0.3 is 6.03 Å². The zero-order chi connectivity index (χ0) is 23.5. The minimum absolute atomic E-state index is 0.379. The molecule has 0 aliphatic rings. The third-order valence-corrected chi connectivity index (χ3v) is 6.58. The molecule has 8 heteroatoms. The van der Waals surface area contributed by atoms with Crippen LogP contribution in [-0.4, -0.2) is 16.0 Å². The number of hydrogen-bond acceptors (Lipinski definition) is 5. The zero-order valence-corrected chi connectivity index (χ0v) is 19.2. The Bertz CT molecular complexity index is 1540. The SMILES string of the molecule is N#Cc1cnc2cc(-c3ccncc3)sc2c1-c1cccc(NC(=O)Nc2ccc(Cl)cc2)c1. The second-order valence-corrected chi connectivity index (χ2v) is 8.88. The molecule has 0 saturated heterocycles. The monoisotopic (exact) mass is 481 g/mol. The van der Waals surface area contributed by atoms with Crippen LogP contribution in [0.1, 0.15) is 5.56 Å². The number of anilines is 2. The third-order valence-electron chi connectivity index (χ3n) is 5.14. The molecule has 0 aliphatic carbocycles. The topological polar surface area (TPSA) is 90.7 Å². The Morgan fingerprint density at radius 3 is 2.47 bits per heavy atom. The number of halogens is 1. The first-order valence-corrected chi connectivity index (χ1v) is 11.5. The number of nitriles is 1. The van der Waals surface area contributed by atoms with E-state index in [2.05, 4.69) is 26.7 Å². The number of nitrogens with zero attached hydrogens (tertiary/aromatic N) is 3. The summed E-state index contributed by atoms with van der Waals surface area (Å²) in [6.45, 7) is 0. The number of amides is 2. The molecule has 0 saturated carbocycles. The van der Waals surface area contributed by atoms with E-state index in [-0.39, 0.29) is 6.03 Å². The Labute approximate surface area is 204 Å². The first-order valence-electron chi connectivity index (χ1n) is 10.3. The van der Waals surface area contributed by atoms with E-state index < -0.39 is 0 Å². The number of rotatable bonds is 4. The Hall–Kier alpha value is -4.25. The highest BCUT2D eigenvalue weighted by Crippen LogP contribution is 2.40. The second kappa shape index (κ2) is 9.32. The molecule has 6 nitrogen and oxygen atoms in total. The number of carbonyl (C=O) groups excluding carboxylic acids is 1. The molecule has 2 aromatic carbocycles. The maximum absolute atomic E-state index is 12.5. The highest BCUT2D eigenvalue weighted by Gasteiger charge is 2.16. The molecule has 5 aromatic rings. The van der Waals surface area contributed by atoms with E-state index >= 15 is 0 Å². The van der Waals surface area contributed by atoms with Crippen molar-refractivity contribution in [3.8, 4) is 27.6 Å². The zero-order valence-electron chi connectivity index (χ0n) is 17.6. The van der Waals surface area contributed by atoms with E-state index in [1.807, 2.05) is 36.4 Å². The number of nitrogens with one attached hydrogen (secondary N) is 2. The molecule has 5 rings (SSSR count). The smallest absolute Gasteiger partial charge is 0.308 e. The van der Waals surface area contributed by atoms with Crippen molar-refractivity contribution < 1.29 is 4.79 Å². The normalized spacial score (nSPS) is 10.6. The van der Waals surface area contributed by atoms with Gasteiger partial charge in [0.15, 0.2) is 0 Å². The molecule has 34 heavy (non-hydrogen) atoms. The van der Waals surface area contributed by atoms with Crippen LogP contribution in [0.2, 0.25) is 5.02 Å². The van der Waals surface area contributed by atoms with Crippen molar-refractivity contribution in [2.24, 2.45) is 0 Å². The summed E-state index contributed by atoms with van der Waals surface area (Å²) in [6, 6.07) is 22.1. The van der Waals surface area contributed by atoms with Crippen molar-refractivity contribution in [1.29, 1.82) is 5.26 Å². The Morgan fingerprint density at radius 2 is 1.71 bits per heavy atom. The molecule has 0 spiro atoms. The van der Waals surface area contributed by atoms with Crippen molar-refractivity contribution in [3.63, 3.8) is 0 Å². The fraction of sp³-hybridized carbons (Fsp3) is 0. The van der Waals surface area contributed by atoms with Gasteiger partial charge in [0, 0.05) is 45.4 Å². The van der Waals surface area contributed by atoms with Crippen molar-refractivity contribution in [2.75, 3.05) is 10.6 Å². The van der Waals surface area contributed by atoms with Crippen LogP contribution >= 0.6 is 22.9 Å². The number of pyridine rings is 2. The second-order valence-electron chi connectivity index (χ2n) is 7.39. The molecule has 0 radical (unpaired) electrons. The van der Waals surface area contributed by atoms with Gasteiger partial charge in [-0.1, -0.05) is 23.7 Å². The van der Waals surface area contributed by atoms with Crippen molar-refractivity contribution in [3.05, 3.63) is 95.9 Å². The van der Waals surface area contributed by atoms with E-state index in [9.17, 15) is 10.1 Å². The maximum Gasteiger partial charge on any atom is 0.323 e. The van der Waals surface area contributed by atoms with Crippen LogP contribution in [0, 0.1) is 11.3 Å². The summed E-state index contributed by atoms with van der Waals surface area (Å²) in [5.74, 6) is 0. The van der Waals surface area contributed by atoms with Gasteiger partial charge in [-0.3, -0.25) is 9.97 Å². The first kappa shape index (κ1) is 21.6. The van der Waals surface area contributed by atoms with Gasteiger partial charge in [-0.05, 0) is 65.7 Å². The average Bonchev–Trinajstić information content (AvgIpc) is 3.30. The van der Waals surface area contributed by atoms with E-state index in [1.165, 1.54) is 0 Å². The number of benzene rings is 2. The van der Waals surface area contributed by atoms with Crippen LogP contribution in [0.15, 0.2) is 85.3 Å². The molecule has 3 heterocycles. The van der Waals surface area contributed by atoms with Gasteiger partial charge < -0.3 is 10.6 Å². The van der Waals surface area contributed by atoms with E-state index in [0.717, 1.165) is 31.8 Å². The summed E-state index contributed by atoms with van der Waals surface area (Å²) in [5, 5.41) is 16.0. The van der Waals surface area contributed by atoms with Crippen molar-refractivity contribution in [1.82, 2.24) is 9.97 Å². The van der Waals surface area contributed by atoms with Gasteiger partial charge in [0.05, 0.1) is 15.8 Å². The summed E-state index contributed by atoms with van der Waals surface area (Å²) in [7, 11) is 0. The number of urea groups is 1. The van der Waals surface area contributed by atoms with Gasteiger partial charge in [0.25, 0.3) is 0 Å². The molecule has 0 bridgehead atoms. The fourth-order valence-corrected chi connectivity index (χ4v) is 4.90. The molecule has 0 unspecified atom stereocenters. The molecular weight excluding hydrogens is 466 g/mol. The van der Waals surface area contributed by atoms with Crippen LogP contribution in [0.5, 0.6) is 0 Å². The summed E-state index contributed by atoms with van der Waals surface area (Å²) in [5.41, 5.74) is 5.15. The van der Waals surface area contributed by atoms with Crippen molar-refractivity contribution in [2.45, 2.75) is 0 Å². The summed E-state index contributed by atoms with van der Waals surface area (Å²) in [6.07, 6.45) is 5.09. The molecule has 2 N–H and O–H groups in total. The fourth-order valence-electron chi connectivity index (χ4n) is 3.59. The summed E-state index contributed by atoms with van der Waals surface area (Å²) < 4.78 is 0.911. The molecule has 164 valence electrons. The Morgan fingerprint density at radius 1 is 0.941 bits per heavy atom. The lowest BCUT2D eigenvalue weighted by atomic mass is 10.0. The number of aromatic nitrogens is 2. The number of carbonyl (C=O) groups is 1. The molecule has 2 amide bonds. The van der Waals surface area contributed by atoms with E-state index in [1.54, 1.807) is 60.3 Å². The van der Waals surface area contributed by atoms with Crippen LogP contribution in [0.3, 0.4) is 0 Å². The lowest BCUT2D eigenvalue weighted by Gasteiger charge is -2.10. The molecule has 0 atom stereocenters. The molecule has 0 aliphatic heterocycles. The summed E-state index contributed by atoms with van der Waals surface area (Å²) in [4.78, 5) is 22.1. The Kier molecular flexibility index (Phi) is 5.91. The Balaban J connectivity index is 1.49. The van der Waals surface area contributed by atoms with Crippen LogP contribution in [0.4, 0.5) is 16.2 Å². The van der Waals surface area contributed by atoms with E-state index in [0.29, 0.717) is 22.0 Å². The summed E-state index contributed by atoms with van der Waals surface area (Å²) >= 11 is 7.47. The lowest BCUT2D eigenvalue weighted by Crippen LogP contribution is -2.19. The van der Waals surface area contributed by atoms with Crippen molar-refractivity contribution >= 4 is 50.6 Å². The van der Waals surface area contributed by atoms with Gasteiger partial charge in [-0.2, -0.15) is 5.26 Å². The first-order chi connectivity index (χ1) is 16.6. The van der Waals surface area contributed by atoms with Gasteiger partial charge in [0.2, 0.25) is 0 Å². The number of hydrogen-bond donors (Lipinski definition) is 2.